The van der Waals surface area contributed by atoms with Gasteiger partial charge in [0.25, 0.3) is 0 Å². The van der Waals surface area contributed by atoms with Crippen LogP contribution in [0, 0.1) is 11.8 Å². The van der Waals surface area contributed by atoms with Crippen LogP contribution in [0.3, 0.4) is 0 Å². The van der Waals surface area contributed by atoms with Crippen LogP contribution in [0.5, 0.6) is 0 Å². The normalized spacial score (nSPS) is 10.7. The molecule has 112 valence electrons. The fourth-order valence-corrected chi connectivity index (χ4v) is 2.63. The first kappa shape index (κ1) is 15.1. The summed E-state index contributed by atoms with van der Waals surface area (Å²) in [5.41, 5.74) is 2.24. The van der Waals surface area contributed by atoms with Crippen molar-refractivity contribution in [3.63, 3.8) is 0 Å². The molecule has 0 spiro atoms. The van der Waals surface area contributed by atoms with E-state index in [9.17, 15) is 0 Å². The van der Waals surface area contributed by atoms with E-state index < -0.39 is 5.60 Å². The first-order chi connectivity index (χ1) is 11.3. The lowest BCUT2D eigenvalue weighted by Gasteiger charge is -2.28. The summed E-state index contributed by atoms with van der Waals surface area (Å²) >= 11 is 0. The lowest BCUT2D eigenvalue weighted by molar-refractivity contribution is 0.0742. The first-order valence-electron chi connectivity index (χ1n) is 7.59. The molecule has 0 saturated heterocycles. The minimum atomic E-state index is -0.779. The van der Waals surface area contributed by atoms with E-state index in [1.807, 2.05) is 66.7 Å². The van der Waals surface area contributed by atoms with Crippen molar-refractivity contribution in [3.8, 4) is 11.8 Å². The molecule has 0 unspecified atom stereocenters. The summed E-state index contributed by atoms with van der Waals surface area (Å²) in [6, 6.07) is 30.2. The molecule has 0 bridgehead atoms. The molecule has 0 fully saturated rings. The Bertz CT molecular complexity index is 757. The predicted octanol–water partition coefficient (Wildman–Crippen LogP) is 4.63. The molecule has 0 aliphatic rings. The van der Waals surface area contributed by atoms with Gasteiger partial charge in [0.1, 0.15) is 0 Å². The summed E-state index contributed by atoms with van der Waals surface area (Å²) in [6.07, 6.45) is 0. The Balaban J connectivity index is 2.16. The summed E-state index contributed by atoms with van der Waals surface area (Å²) in [5.74, 6) is 6.62. The zero-order chi connectivity index (χ0) is 16.0. The lowest BCUT2D eigenvalue weighted by atomic mass is 9.86. The number of ether oxygens (including phenoxy) is 1. The quantitative estimate of drug-likeness (QED) is 0.641. The predicted molar refractivity (Wildman–Crippen MR) is 94.0 cm³/mol. The van der Waals surface area contributed by atoms with Gasteiger partial charge in [-0.15, -0.1) is 0 Å². The summed E-state index contributed by atoms with van der Waals surface area (Å²) in [5, 5.41) is 0. The van der Waals surface area contributed by atoms with Gasteiger partial charge in [0.2, 0.25) is 0 Å². The van der Waals surface area contributed by atoms with Gasteiger partial charge in [-0.05, 0) is 12.1 Å². The molecule has 3 aromatic rings. The molecule has 3 rings (SSSR count). The molecule has 0 amide bonds. The van der Waals surface area contributed by atoms with Crippen LogP contribution >= 0.6 is 0 Å². The Hall–Kier alpha value is -2.82. The highest BCUT2D eigenvalue weighted by Gasteiger charge is 2.32. The van der Waals surface area contributed by atoms with Gasteiger partial charge < -0.3 is 4.74 Å². The Labute approximate surface area is 137 Å². The summed E-state index contributed by atoms with van der Waals surface area (Å²) in [7, 11) is 1.71. The first-order valence-corrected chi connectivity index (χ1v) is 7.59. The Morgan fingerprint density at radius 3 is 1.52 bits per heavy atom. The fraction of sp³-hybridized carbons (Fsp3) is 0.0909. The Morgan fingerprint density at radius 2 is 1.09 bits per heavy atom. The molecular weight excluding hydrogens is 280 g/mol. The second-order valence-electron chi connectivity index (χ2n) is 5.23. The van der Waals surface area contributed by atoms with E-state index >= 15 is 0 Å². The van der Waals surface area contributed by atoms with Crippen LogP contribution in [-0.4, -0.2) is 7.11 Å². The highest BCUT2D eigenvalue weighted by Crippen LogP contribution is 2.32. The molecular formula is C22H18O. The molecule has 23 heavy (non-hydrogen) atoms. The van der Waals surface area contributed by atoms with Crippen LogP contribution in [0.1, 0.15) is 16.7 Å². The van der Waals surface area contributed by atoms with Crippen molar-refractivity contribution in [2.24, 2.45) is 0 Å². The van der Waals surface area contributed by atoms with Gasteiger partial charge in [-0.1, -0.05) is 90.7 Å². The van der Waals surface area contributed by atoms with Crippen molar-refractivity contribution in [3.05, 3.63) is 108 Å². The molecule has 0 aliphatic heterocycles. The third kappa shape index (κ3) is 3.18. The summed E-state index contributed by atoms with van der Waals surface area (Å²) in [4.78, 5) is 0. The molecule has 3 aromatic carbocycles. The number of methoxy groups -OCH3 is 1. The second kappa shape index (κ2) is 6.96. The van der Waals surface area contributed by atoms with Crippen LogP contribution in [0.25, 0.3) is 0 Å². The van der Waals surface area contributed by atoms with Crippen molar-refractivity contribution < 1.29 is 4.74 Å². The van der Waals surface area contributed by atoms with E-state index in [0.717, 1.165) is 16.7 Å². The van der Waals surface area contributed by atoms with Gasteiger partial charge in [0, 0.05) is 23.8 Å². The summed E-state index contributed by atoms with van der Waals surface area (Å²) < 4.78 is 5.96. The zero-order valence-corrected chi connectivity index (χ0v) is 13.1. The van der Waals surface area contributed by atoms with Gasteiger partial charge >= 0.3 is 0 Å². The maximum Gasteiger partial charge on any atom is 0.179 e. The van der Waals surface area contributed by atoms with Crippen LogP contribution in [-0.2, 0) is 10.3 Å². The minimum Gasteiger partial charge on any atom is -0.357 e. The minimum absolute atomic E-state index is 0.779. The van der Waals surface area contributed by atoms with E-state index in [-0.39, 0.29) is 0 Å². The average Bonchev–Trinajstić information content (AvgIpc) is 2.65. The zero-order valence-electron chi connectivity index (χ0n) is 13.1. The van der Waals surface area contributed by atoms with Gasteiger partial charge in [-0.3, -0.25) is 0 Å². The Kier molecular flexibility index (Phi) is 4.57. The third-order valence-electron chi connectivity index (χ3n) is 3.82. The van der Waals surface area contributed by atoms with E-state index in [1.54, 1.807) is 7.11 Å². The number of hydrogen-bond donors (Lipinski definition) is 0. The molecule has 0 radical (unpaired) electrons. The monoisotopic (exact) mass is 298 g/mol. The third-order valence-corrected chi connectivity index (χ3v) is 3.82. The van der Waals surface area contributed by atoms with Crippen molar-refractivity contribution in [2.45, 2.75) is 5.60 Å². The van der Waals surface area contributed by atoms with E-state index in [4.69, 9.17) is 4.74 Å². The van der Waals surface area contributed by atoms with Gasteiger partial charge in [-0.25, -0.2) is 0 Å². The van der Waals surface area contributed by atoms with Crippen LogP contribution in [0.2, 0.25) is 0 Å². The van der Waals surface area contributed by atoms with Gasteiger partial charge in [-0.2, -0.15) is 0 Å². The number of rotatable bonds is 3. The van der Waals surface area contributed by atoms with E-state index in [2.05, 4.69) is 36.1 Å². The largest absolute Gasteiger partial charge is 0.357 e. The van der Waals surface area contributed by atoms with Crippen LogP contribution in [0.15, 0.2) is 91.0 Å². The summed E-state index contributed by atoms with van der Waals surface area (Å²) in [6.45, 7) is 0. The van der Waals surface area contributed by atoms with E-state index in [0.29, 0.717) is 0 Å². The molecule has 0 N–H and O–H groups in total. The SMILES string of the molecule is COC(C#Cc1ccccc1)(c1ccccc1)c1ccccc1. The topological polar surface area (TPSA) is 9.23 Å². The Morgan fingerprint density at radius 1 is 0.652 bits per heavy atom. The molecule has 1 heteroatoms. The molecule has 1 nitrogen and oxygen atoms in total. The second-order valence-corrected chi connectivity index (χ2v) is 5.23. The maximum absolute atomic E-state index is 5.96. The van der Waals surface area contributed by atoms with Crippen molar-refractivity contribution in [2.75, 3.05) is 7.11 Å². The highest BCUT2D eigenvalue weighted by molar-refractivity contribution is 5.48. The van der Waals surface area contributed by atoms with Crippen molar-refractivity contribution in [1.29, 1.82) is 0 Å². The van der Waals surface area contributed by atoms with Gasteiger partial charge in [0.05, 0.1) is 0 Å². The number of benzene rings is 3. The fourth-order valence-electron chi connectivity index (χ4n) is 2.63. The molecule has 0 heterocycles. The van der Waals surface area contributed by atoms with Crippen molar-refractivity contribution >= 4 is 0 Å². The smallest absolute Gasteiger partial charge is 0.179 e. The molecule has 0 saturated carbocycles. The lowest BCUT2D eigenvalue weighted by Crippen LogP contribution is -2.28. The van der Waals surface area contributed by atoms with E-state index in [1.165, 1.54) is 0 Å². The average molecular weight is 298 g/mol. The van der Waals surface area contributed by atoms with Crippen molar-refractivity contribution in [1.82, 2.24) is 0 Å². The molecule has 0 aliphatic carbocycles. The molecule has 0 atom stereocenters. The van der Waals surface area contributed by atoms with Crippen LogP contribution in [0.4, 0.5) is 0 Å². The highest BCUT2D eigenvalue weighted by atomic mass is 16.5. The molecule has 0 aromatic heterocycles. The standard InChI is InChI=1S/C22H18O/c1-23-22(20-13-7-3-8-14-20,21-15-9-4-10-16-21)18-17-19-11-5-2-6-12-19/h2-16H,1H3. The number of hydrogen-bond acceptors (Lipinski definition) is 1. The maximum atomic E-state index is 5.96. The van der Waals surface area contributed by atoms with Gasteiger partial charge in [0.15, 0.2) is 5.60 Å². The van der Waals surface area contributed by atoms with Crippen LogP contribution < -0.4 is 0 Å².